The molecule has 0 aliphatic heterocycles. The first kappa shape index (κ1) is 27.4. The molecule has 27 heavy (non-hydrogen) atoms. The summed E-state index contributed by atoms with van der Waals surface area (Å²) in [7, 11) is -1.45. The number of hydrogen-bond acceptors (Lipinski definition) is 2. The second kappa shape index (κ2) is 9.49. The number of allylic oxidation sites excluding steroid dienone is 1. The molecule has 2 nitrogen and oxygen atoms in total. The topological polar surface area (TPSA) is 21.3 Å². The Bertz CT molecular complexity index is 722. The van der Waals surface area contributed by atoms with Gasteiger partial charge in [0.2, 0.25) is 0 Å². The van der Waals surface area contributed by atoms with Crippen LogP contribution >= 0.6 is 24.8 Å². The first-order chi connectivity index (χ1) is 11.3. The van der Waals surface area contributed by atoms with Gasteiger partial charge in [0.05, 0.1) is 0 Å². The summed E-state index contributed by atoms with van der Waals surface area (Å²) in [4.78, 5) is 0. The van der Waals surface area contributed by atoms with Gasteiger partial charge in [0.1, 0.15) is 0 Å². The Labute approximate surface area is 181 Å². The molecule has 0 radical (unpaired) electrons. The van der Waals surface area contributed by atoms with Crippen LogP contribution in [0.1, 0.15) is 41.9 Å². The van der Waals surface area contributed by atoms with Crippen molar-refractivity contribution in [2.75, 3.05) is 6.61 Å². The van der Waals surface area contributed by atoms with Crippen LogP contribution in [-0.4, -0.2) is 24.7 Å². The van der Waals surface area contributed by atoms with Crippen molar-refractivity contribution in [3.63, 3.8) is 0 Å². The minimum atomic E-state index is -3.51. The zero-order valence-corrected chi connectivity index (χ0v) is 23.2. The van der Waals surface area contributed by atoms with Gasteiger partial charge in [-0.15, -0.1) is 24.8 Å². The molecule has 0 amide bonds. The molecule has 0 spiro atoms. The third-order valence-electron chi connectivity index (χ3n) is 5.01. The molecule has 0 aromatic heterocycles. The van der Waals surface area contributed by atoms with E-state index in [9.17, 15) is 0 Å². The Morgan fingerprint density at radius 2 is 1.74 bits per heavy atom. The van der Waals surface area contributed by atoms with Crippen LogP contribution in [-0.2, 0) is 23.0 Å². The van der Waals surface area contributed by atoms with Gasteiger partial charge >= 0.3 is 158 Å². The summed E-state index contributed by atoms with van der Waals surface area (Å²) in [6.45, 7) is 14.5. The molecule has 1 atom stereocenters. The van der Waals surface area contributed by atoms with Crippen LogP contribution in [0.5, 0.6) is 0 Å². The van der Waals surface area contributed by atoms with Crippen LogP contribution in [0.4, 0.5) is 0 Å². The molecule has 0 bridgehead atoms. The first-order valence-corrected chi connectivity index (χ1v) is 21.6. The number of benzene rings is 1. The van der Waals surface area contributed by atoms with Crippen molar-refractivity contribution >= 4 is 43.4 Å². The molecule has 156 valence electrons. The van der Waals surface area contributed by atoms with Gasteiger partial charge in [0, 0.05) is 0 Å². The minimum absolute atomic E-state index is 0. The fourth-order valence-corrected chi connectivity index (χ4v) is 19.3. The molecular weight excluding hydrogens is 472 g/mol. The van der Waals surface area contributed by atoms with Gasteiger partial charge in [0.15, 0.2) is 0 Å². The molecular formula is C21H39Cl2NOSiZr. The summed E-state index contributed by atoms with van der Waals surface area (Å²) >= 11 is -3.51. The summed E-state index contributed by atoms with van der Waals surface area (Å²) in [6, 6.07) is 8.82. The van der Waals surface area contributed by atoms with Crippen molar-refractivity contribution in [2.24, 2.45) is 0 Å². The van der Waals surface area contributed by atoms with E-state index in [1.807, 2.05) is 0 Å². The Morgan fingerprint density at radius 1 is 1.15 bits per heavy atom. The first-order valence-electron chi connectivity index (χ1n) is 9.56. The molecule has 1 aliphatic carbocycles. The van der Waals surface area contributed by atoms with Crippen molar-refractivity contribution < 1.29 is 23.0 Å². The van der Waals surface area contributed by atoms with Crippen LogP contribution in [0.25, 0.3) is 6.08 Å². The van der Waals surface area contributed by atoms with Gasteiger partial charge in [0.25, 0.3) is 0 Å². The van der Waals surface area contributed by atoms with Crippen LogP contribution in [0.2, 0.25) is 28.4 Å². The molecule has 1 unspecified atom stereocenters. The fourth-order valence-electron chi connectivity index (χ4n) is 4.34. The van der Waals surface area contributed by atoms with Crippen molar-refractivity contribution in [1.29, 1.82) is 0 Å². The summed E-state index contributed by atoms with van der Waals surface area (Å²) < 4.78 is 19.4. The Balaban J connectivity index is 0.00000338. The van der Waals surface area contributed by atoms with E-state index in [-0.39, 0.29) is 30.4 Å². The maximum absolute atomic E-state index is 6.13. The van der Waals surface area contributed by atoms with Crippen LogP contribution < -0.4 is 3.26 Å². The zero-order valence-electron chi connectivity index (χ0n) is 18.1. The van der Waals surface area contributed by atoms with Crippen molar-refractivity contribution in [1.82, 2.24) is 3.26 Å². The summed E-state index contributed by atoms with van der Waals surface area (Å²) in [5.41, 5.74) is 2.91. The van der Waals surface area contributed by atoms with Crippen LogP contribution in [0, 0.1) is 0 Å². The van der Waals surface area contributed by atoms with E-state index in [1.165, 1.54) is 15.3 Å². The summed E-state index contributed by atoms with van der Waals surface area (Å²) in [5, 5.41) is 0. The van der Waals surface area contributed by atoms with E-state index in [0.29, 0.717) is 3.63 Å². The Hall–Kier alpha value is 0.430. The normalized spacial score (nSPS) is 17.1. The van der Waals surface area contributed by atoms with E-state index in [4.69, 9.17) is 8.64 Å². The van der Waals surface area contributed by atoms with Crippen LogP contribution in [0.15, 0.2) is 30.3 Å². The molecule has 0 saturated carbocycles. The maximum atomic E-state index is 6.13. The van der Waals surface area contributed by atoms with Gasteiger partial charge < -0.3 is 0 Å². The molecule has 6 heteroatoms. The summed E-state index contributed by atoms with van der Waals surface area (Å²) in [5.74, 6) is 0. The SMILES string of the molecule is Cl.Cl.[CH2]=[Zr]([CH3])([CH2]CCO[Si](C)(C)C)([NH]C(C)(C)C)[CH]1C=Cc2ccccc21. The van der Waals surface area contributed by atoms with E-state index in [1.54, 1.807) is 0 Å². The average Bonchev–Trinajstić information content (AvgIpc) is 2.86. The van der Waals surface area contributed by atoms with Gasteiger partial charge in [-0.3, -0.25) is 0 Å². The molecule has 1 aliphatic rings. The molecule has 0 heterocycles. The number of halogens is 2. The second-order valence-corrected chi connectivity index (χ2v) is 30.0. The van der Waals surface area contributed by atoms with Crippen molar-refractivity contribution in [2.45, 2.75) is 64.8 Å². The number of rotatable bonds is 7. The van der Waals surface area contributed by atoms with E-state index < -0.39 is 26.9 Å². The van der Waals surface area contributed by atoms with E-state index >= 15 is 0 Å². The molecule has 2 rings (SSSR count). The van der Waals surface area contributed by atoms with Gasteiger partial charge in [-0.25, -0.2) is 0 Å². The van der Waals surface area contributed by atoms with Gasteiger partial charge in [-0.1, -0.05) is 0 Å². The predicted molar refractivity (Wildman–Crippen MR) is 127 cm³/mol. The Kier molecular flexibility index (Phi) is 9.65. The third kappa shape index (κ3) is 7.64. The molecule has 0 fully saturated rings. The quantitative estimate of drug-likeness (QED) is 0.324. The fraction of sp³-hybridized carbons (Fsp3) is 0.571. The molecule has 1 N–H and O–H groups in total. The Morgan fingerprint density at radius 3 is 2.30 bits per heavy atom. The summed E-state index contributed by atoms with van der Waals surface area (Å²) in [6.07, 6.45) is 5.82. The number of nitrogens with one attached hydrogen (secondary N) is 1. The predicted octanol–water partition coefficient (Wildman–Crippen LogP) is 6.73. The average molecular weight is 512 g/mol. The second-order valence-electron chi connectivity index (χ2n) is 10.3. The standard InChI is InChI=1S/C9H7.C6H15OSi.C4H10N.CH3.CH2.2ClH.Zr/c1-2-5-9-7-3-6-8(9)4-1;1-5-6-7-8(2,3)4;1-4(2,3)5;;;;;/h1-7H;1,5-6H2,2-4H3;5H,1-3H3;1H3;1H2;2*1H;/q;;-1;;;;;+1. The molecule has 1 aromatic carbocycles. The van der Waals surface area contributed by atoms with E-state index in [2.05, 4.69) is 84.7 Å². The monoisotopic (exact) mass is 509 g/mol. The molecule has 0 saturated heterocycles. The van der Waals surface area contributed by atoms with Crippen molar-refractivity contribution in [3.05, 3.63) is 41.5 Å². The van der Waals surface area contributed by atoms with Crippen LogP contribution in [0.3, 0.4) is 0 Å². The number of hydrogen-bond donors (Lipinski definition) is 1. The van der Waals surface area contributed by atoms with Gasteiger partial charge in [-0.2, -0.15) is 0 Å². The zero-order chi connectivity index (χ0) is 19.0. The van der Waals surface area contributed by atoms with Gasteiger partial charge in [-0.05, 0) is 0 Å². The van der Waals surface area contributed by atoms with E-state index in [0.717, 1.165) is 13.0 Å². The third-order valence-corrected chi connectivity index (χ3v) is 19.7. The van der Waals surface area contributed by atoms with Crippen molar-refractivity contribution in [3.8, 4) is 0 Å². The number of fused-ring (bicyclic) bond motifs is 1. The molecule has 1 aromatic rings.